The van der Waals surface area contributed by atoms with Gasteiger partial charge in [-0.05, 0) is 34.0 Å². The molecule has 0 aromatic carbocycles. The van der Waals surface area contributed by atoms with Gasteiger partial charge in [-0.1, -0.05) is 11.3 Å². The summed E-state index contributed by atoms with van der Waals surface area (Å²) in [6.07, 6.45) is 0.969. The largest absolute Gasteiger partial charge is 0.361 e. The summed E-state index contributed by atoms with van der Waals surface area (Å²) in [5.74, 6) is 0. The number of hydrogen-bond donors (Lipinski definition) is 2. The van der Waals surface area contributed by atoms with Gasteiger partial charge < -0.3 is 10.2 Å². The summed E-state index contributed by atoms with van der Waals surface area (Å²) >= 11 is 1.08. The number of nitrogens with zero attached hydrogens (tertiary/aromatic N) is 2. The molecule has 0 aliphatic rings. The molecule has 1 aromatic heterocycles. The number of hydrogen-bond acceptors (Lipinski definition) is 6. The van der Waals surface area contributed by atoms with Crippen molar-refractivity contribution >= 4 is 26.5 Å². The van der Waals surface area contributed by atoms with Crippen molar-refractivity contribution in [1.29, 1.82) is 0 Å². The van der Waals surface area contributed by atoms with E-state index in [2.05, 4.69) is 15.2 Å². The first-order valence-electron chi connectivity index (χ1n) is 5.19. The first-order chi connectivity index (χ1) is 7.80. The van der Waals surface area contributed by atoms with E-state index in [1.54, 1.807) is 6.92 Å². The Morgan fingerprint density at radius 1 is 1.47 bits per heavy atom. The van der Waals surface area contributed by atoms with Gasteiger partial charge in [0.15, 0.2) is 9.34 Å². The highest BCUT2D eigenvalue weighted by atomic mass is 32.2. The molecular weight excluding hydrogens is 260 g/mol. The Kier molecular flexibility index (Phi) is 4.87. The number of primary sulfonamides is 1. The summed E-state index contributed by atoms with van der Waals surface area (Å²) in [5, 5.41) is 8.77. The third-order valence-electron chi connectivity index (χ3n) is 2.07. The van der Waals surface area contributed by atoms with Crippen molar-refractivity contribution in [3.05, 3.63) is 5.69 Å². The highest BCUT2D eigenvalue weighted by Gasteiger charge is 2.17. The minimum atomic E-state index is -3.65. The van der Waals surface area contributed by atoms with Crippen LogP contribution in [0.25, 0.3) is 0 Å². The van der Waals surface area contributed by atoms with Crippen LogP contribution in [-0.2, 0) is 10.0 Å². The quantitative estimate of drug-likeness (QED) is 0.738. The summed E-state index contributed by atoms with van der Waals surface area (Å²) in [6, 6.07) is 0. The number of nitrogens with one attached hydrogen (secondary N) is 1. The second-order valence-corrected chi connectivity index (χ2v) is 6.78. The first kappa shape index (κ1) is 14.4. The van der Waals surface area contributed by atoms with Gasteiger partial charge in [0.1, 0.15) is 0 Å². The number of aromatic nitrogens is 1. The lowest BCUT2D eigenvalue weighted by Crippen LogP contribution is -2.16. The highest BCUT2D eigenvalue weighted by Crippen LogP contribution is 2.25. The van der Waals surface area contributed by atoms with E-state index in [1.165, 1.54) is 0 Å². The molecule has 0 saturated carbocycles. The second kappa shape index (κ2) is 5.76. The Morgan fingerprint density at radius 3 is 2.59 bits per heavy atom. The standard InChI is InChI=1S/C9H18N4O2S2/c1-7-8(17(10,14)15)16-9(12-7)11-5-4-6-13(2)3/h4-6H2,1-3H3,(H,11,12)(H2,10,14,15). The topological polar surface area (TPSA) is 88.3 Å². The highest BCUT2D eigenvalue weighted by molar-refractivity contribution is 7.91. The van der Waals surface area contributed by atoms with Crippen LogP contribution in [0, 0.1) is 6.92 Å². The van der Waals surface area contributed by atoms with E-state index < -0.39 is 10.0 Å². The molecule has 0 fully saturated rings. The fourth-order valence-electron chi connectivity index (χ4n) is 1.31. The first-order valence-corrected chi connectivity index (χ1v) is 7.56. The maximum absolute atomic E-state index is 11.2. The molecular formula is C9H18N4O2S2. The molecule has 0 aliphatic heterocycles. The summed E-state index contributed by atoms with van der Waals surface area (Å²) in [7, 11) is 0.364. The summed E-state index contributed by atoms with van der Waals surface area (Å²) in [6.45, 7) is 3.37. The van der Waals surface area contributed by atoms with E-state index in [1.807, 2.05) is 14.1 Å². The second-order valence-electron chi connectivity index (χ2n) is 4.02. The Morgan fingerprint density at radius 2 is 2.12 bits per heavy atom. The molecule has 0 saturated heterocycles. The Bertz CT molecular complexity index is 467. The van der Waals surface area contributed by atoms with Crippen molar-refractivity contribution in [3.8, 4) is 0 Å². The maximum atomic E-state index is 11.2. The van der Waals surface area contributed by atoms with Crippen LogP contribution in [0.4, 0.5) is 5.13 Å². The van der Waals surface area contributed by atoms with Crippen LogP contribution < -0.4 is 10.5 Å². The van der Waals surface area contributed by atoms with Gasteiger partial charge in [-0.3, -0.25) is 0 Å². The molecule has 1 aromatic rings. The van der Waals surface area contributed by atoms with Crippen molar-refractivity contribution < 1.29 is 8.42 Å². The SMILES string of the molecule is Cc1nc(NCCCN(C)C)sc1S(N)(=O)=O. The maximum Gasteiger partial charge on any atom is 0.249 e. The molecule has 98 valence electrons. The molecule has 17 heavy (non-hydrogen) atoms. The third-order valence-corrected chi connectivity index (χ3v) is 4.74. The molecule has 0 bridgehead atoms. The van der Waals surface area contributed by atoms with Gasteiger partial charge in [0.25, 0.3) is 0 Å². The number of sulfonamides is 1. The van der Waals surface area contributed by atoms with E-state index in [0.717, 1.165) is 30.8 Å². The molecule has 0 radical (unpaired) electrons. The zero-order chi connectivity index (χ0) is 13.1. The predicted molar refractivity (Wildman–Crippen MR) is 69.9 cm³/mol. The van der Waals surface area contributed by atoms with E-state index in [0.29, 0.717) is 10.8 Å². The molecule has 1 rings (SSSR count). The van der Waals surface area contributed by atoms with Crippen LogP contribution in [-0.4, -0.2) is 45.5 Å². The molecule has 0 amide bonds. The monoisotopic (exact) mass is 278 g/mol. The molecule has 0 spiro atoms. The number of nitrogens with two attached hydrogens (primary N) is 1. The minimum absolute atomic E-state index is 0.132. The van der Waals surface area contributed by atoms with Crippen LogP contribution in [0.5, 0.6) is 0 Å². The molecule has 3 N–H and O–H groups in total. The smallest absolute Gasteiger partial charge is 0.249 e. The van der Waals surface area contributed by atoms with Crippen LogP contribution in [0.3, 0.4) is 0 Å². The number of anilines is 1. The molecule has 0 atom stereocenters. The molecule has 8 heteroatoms. The predicted octanol–water partition coefficient (Wildman–Crippen LogP) is 0.463. The van der Waals surface area contributed by atoms with Crippen LogP contribution in [0.15, 0.2) is 4.21 Å². The lowest BCUT2D eigenvalue weighted by atomic mass is 10.4. The van der Waals surface area contributed by atoms with E-state index in [4.69, 9.17) is 5.14 Å². The van der Waals surface area contributed by atoms with E-state index in [-0.39, 0.29) is 4.21 Å². The van der Waals surface area contributed by atoms with Crippen molar-refractivity contribution in [2.24, 2.45) is 5.14 Å². The third kappa shape index (κ3) is 4.58. The fourth-order valence-corrected chi connectivity index (χ4v) is 3.20. The van der Waals surface area contributed by atoms with Crippen LogP contribution >= 0.6 is 11.3 Å². The average Bonchev–Trinajstić information content (AvgIpc) is 2.53. The molecule has 0 aliphatic carbocycles. The molecule has 0 unspecified atom stereocenters. The molecule has 1 heterocycles. The normalized spacial score (nSPS) is 12.1. The van der Waals surface area contributed by atoms with Gasteiger partial charge in [0.05, 0.1) is 5.69 Å². The minimum Gasteiger partial charge on any atom is -0.361 e. The van der Waals surface area contributed by atoms with E-state index >= 15 is 0 Å². The average molecular weight is 278 g/mol. The van der Waals surface area contributed by atoms with Crippen molar-refractivity contribution in [1.82, 2.24) is 9.88 Å². The van der Waals surface area contributed by atoms with Crippen molar-refractivity contribution in [3.63, 3.8) is 0 Å². The Labute approximate surface area is 106 Å². The lowest BCUT2D eigenvalue weighted by molar-refractivity contribution is 0.405. The Balaban J connectivity index is 2.57. The van der Waals surface area contributed by atoms with Gasteiger partial charge in [-0.25, -0.2) is 18.5 Å². The summed E-state index contributed by atoms with van der Waals surface area (Å²) in [4.78, 5) is 6.22. The summed E-state index contributed by atoms with van der Waals surface area (Å²) < 4.78 is 22.5. The van der Waals surface area contributed by atoms with Crippen molar-refractivity contribution in [2.75, 3.05) is 32.5 Å². The van der Waals surface area contributed by atoms with Gasteiger partial charge >= 0.3 is 0 Å². The Hall–Kier alpha value is -0.700. The van der Waals surface area contributed by atoms with Gasteiger partial charge in [0, 0.05) is 6.54 Å². The fraction of sp³-hybridized carbons (Fsp3) is 0.667. The van der Waals surface area contributed by atoms with Crippen LogP contribution in [0.1, 0.15) is 12.1 Å². The zero-order valence-corrected chi connectivity index (χ0v) is 11.9. The number of thiazole rings is 1. The van der Waals surface area contributed by atoms with Crippen LogP contribution in [0.2, 0.25) is 0 Å². The van der Waals surface area contributed by atoms with E-state index in [9.17, 15) is 8.42 Å². The van der Waals surface area contributed by atoms with Gasteiger partial charge in [-0.2, -0.15) is 0 Å². The summed E-state index contributed by atoms with van der Waals surface area (Å²) in [5.41, 5.74) is 0.451. The van der Waals surface area contributed by atoms with Gasteiger partial charge in [-0.15, -0.1) is 0 Å². The lowest BCUT2D eigenvalue weighted by Gasteiger charge is -2.08. The molecule has 6 nitrogen and oxygen atoms in total. The van der Waals surface area contributed by atoms with Gasteiger partial charge in [0.2, 0.25) is 10.0 Å². The zero-order valence-electron chi connectivity index (χ0n) is 10.2. The van der Waals surface area contributed by atoms with Crippen molar-refractivity contribution in [2.45, 2.75) is 17.6 Å². The number of aryl methyl sites for hydroxylation is 1. The number of rotatable bonds is 6.